The van der Waals surface area contributed by atoms with Crippen LogP contribution in [0.1, 0.15) is 11.1 Å². The Morgan fingerprint density at radius 1 is 1.12 bits per heavy atom. The summed E-state index contributed by atoms with van der Waals surface area (Å²) >= 11 is 9.62. The van der Waals surface area contributed by atoms with E-state index in [-0.39, 0.29) is 23.4 Å². The number of thioether (sulfide) groups is 1. The Morgan fingerprint density at radius 3 is 2.48 bits per heavy atom. The number of rotatable bonds is 3. The molecule has 0 aromatic heterocycles. The summed E-state index contributed by atoms with van der Waals surface area (Å²) in [5.74, 6) is -0.268. The van der Waals surface area contributed by atoms with Crippen LogP contribution in [0.15, 0.2) is 50.2 Å². The van der Waals surface area contributed by atoms with E-state index >= 15 is 0 Å². The summed E-state index contributed by atoms with van der Waals surface area (Å²) in [6, 6.07) is 10.9. The highest BCUT2D eigenvalue weighted by Gasteiger charge is 2.35. The van der Waals surface area contributed by atoms with Gasteiger partial charge in [-0.05, 0) is 70.3 Å². The second-order valence-corrected chi connectivity index (χ2v) is 9.21. The lowest BCUT2D eigenvalue weighted by Crippen LogP contribution is -2.27. The monoisotopic (exact) mass is 593 g/mol. The molecule has 2 amide bonds. The third kappa shape index (κ3) is 4.29. The van der Waals surface area contributed by atoms with Crippen LogP contribution >= 0.6 is 66.2 Å². The average Bonchev–Trinajstić information content (AvgIpc) is 2.81. The zero-order chi connectivity index (χ0) is 18.1. The first kappa shape index (κ1) is 18.9. The molecule has 1 heterocycles. The molecule has 3 rings (SSSR count). The molecule has 1 N–H and O–H groups in total. The van der Waals surface area contributed by atoms with Crippen molar-refractivity contribution in [3.63, 3.8) is 0 Å². The first-order valence-electron chi connectivity index (χ1n) is 7.03. The first-order valence-corrected chi connectivity index (χ1v) is 10.5. The molecular formula is C17H10Br2INO3S. The third-order valence-electron chi connectivity index (χ3n) is 3.47. The molecule has 1 fully saturated rings. The van der Waals surface area contributed by atoms with Gasteiger partial charge in [0, 0.05) is 14.5 Å². The molecular weight excluding hydrogens is 585 g/mol. The van der Waals surface area contributed by atoms with Crippen molar-refractivity contribution in [2.75, 3.05) is 0 Å². The van der Waals surface area contributed by atoms with Gasteiger partial charge < -0.3 is 5.11 Å². The van der Waals surface area contributed by atoms with Crippen molar-refractivity contribution in [3.05, 3.63) is 64.9 Å². The van der Waals surface area contributed by atoms with Gasteiger partial charge in [-0.3, -0.25) is 14.5 Å². The average molecular weight is 595 g/mol. The Bertz CT molecular complexity index is 900. The molecule has 0 unspecified atom stereocenters. The minimum absolute atomic E-state index is 0.0866. The number of hydrogen-bond acceptors (Lipinski definition) is 4. The number of imide groups is 1. The van der Waals surface area contributed by atoms with Gasteiger partial charge in [-0.2, -0.15) is 0 Å². The Morgan fingerprint density at radius 2 is 1.80 bits per heavy atom. The van der Waals surface area contributed by atoms with Gasteiger partial charge in [-0.15, -0.1) is 0 Å². The third-order valence-corrected chi connectivity index (χ3v) is 6.19. The smallest absolute Gasteiger partial charge is 0.293 e. The second kappa shape index (κ2) is 7.81. The fourth-order valence-electron chi connectivity index (χ4n) is 2.25. The van der Waals surface area contributed by atoms with Crippen LogP contribution in [0.5, 0.6) is 5.75 Å². The number of carbonyl (C=O) groups is 2. The summed E-state index contributed by atoms with van der Waals surface area (Å²) in [7, 11) is 0. The molecule has 0 saturated carbocycles. The largest absolute Gasteiger partial charge is 0.506 e. The number of benzene rings is 2. The number of nitrogens with zero attached hydrogens (tertiary/aromatic N) is 1. The van der Waals surface area contributed by atoms with Gasteiger partial charge in [0.05, 0.1) is 15.0 Å². The molecule has 2 aromatic carbocycles. The molecule has 0 aliphatic carbocycles. The minimum atomic E-state index is -0.354. The van der Waals surface area contributed by atoms with Crippen molar-refractivity contribution < 1.29 is 14.7 Å². The fourth-order valence-corrected chi connectivity index (χ4v) is 4.89. The highest BCUT2D eigenvalue weighted by atomic mass is 127. The summed E-state index contributed by atoms with van der Waals surface area (Å²) in [6.07, 6.45) is 1.55. The zero-order valence-corrected chi connectivity index (χ0v) is 18.6. The lowest BCUT2D eigenvalue weighted by atomic mass is 10.2. The predicted octanol–water partition coefficient (Wildman–Crippen LogP) is 5.76. The van der Waals surface area contributed by atoms with E-state index in [1.807, 2.05) is 46.9 Å². The van der Waals surface area contributed by atoms with Crippen molar-refractivity contribution >= 4 is 83.4 Å². The molecule has 0 atom stereocenters. The lowest BCUT2D eigenvalue weighted by molar-refractivity contribution is -0.123. The Hall–Kier alpha value is -0.840. The van der Waals surface area contributed by atoms with E-state index in [2.05, 4.69) is 31.9 Å². The van der Waals surface area contributed by atoms with Crippen molar-refractivity contribution in [2.24, 2.45) is 0 Å². The standard InChI is InChI=1S/C17H10Br2INO3S/c18-11-3-1-9(2-4-11)8-21-16(23)14(25-17(21)24)6-10-5-12(19)7-13(20)15(10)22/h1-7,22H,8H2/b14-6-. The molecule has 0 radical (unpaired) electrons. The van der Waals surface area contributed by atoms with Crippen molar-refractivity contribution in [1.82, 2.24) is 4.90 Å². The molecule has 2 aromatic rings. The fraction of sp³-hybridized carbons (Fsp3) is 0.0588. The van der Waals surface area contributed by atoms with Gasteiger partial charge in [0.1, 0.15) is 5.75 Å². The number of phenolic OH excluding ortho intramolecular Hbond substituents is 1. The maximum absolute atomic E-state index is 12.6. The highest BCUT2D eigenvalue weighted by Crippen LogP contribution is 2.36. The quantitative estimate of drug-likeness (QED) is 0.363. The Kier molecular flexibility index (Phi) is 5.92. The Balaban J connectivity index is 1.87. The van der Waals surface area contributed by atoms with Crippen LogP contribution < -0.4 is 0 Å². The van der Waals surface area contributed by atoms with Crippen LogP contribution in [-0.2, 0) is 11.3 Å². The van der Waals surface area contributed by atoms with E-state index in [4.69, 9.17) is 0 Å². The Labute approximate surface area is 179 Å². The topological polar surface area (TPSA) is 57.6 Å². The normalized spacial score (nSPS) is 16.1. The molecule has 1 aliphatic heterocycles. The van der Waals surface area contributed by atoms with Crippen molar-refractivity contribution in [2.45, 2.75) is 6.54 Å². The van der Waals surface area contributed by atoms with E-state index in [1.54, 1.807) is 18.2 Å². The van der Waals surface area contributed by atoms with Gasteiger partial charge in [-0.25, -0.2) is 0 Å². The van der Waals surface area contributed by atoms with Crippen molar-refractivity contribution in [1.29, 1.82) is 0 Å². The van der Waals surface area contributed by atoms with Crippen LogP contribution in [0.25, 0.3) is 6.08 Å². The lowest BCUT2D eigenvalue weighted by Gasteiger charge is -2.12. The van der Waals surface area contributed by atoms with Crippen LogP contribution in [-0.4, -0.2) is 21.2 Å². The van der Waals surface area contributed by atoms with E-state index in [9.17, 15) is 14.7 Å². The molecule has 128 valence electrons. The van der Waals surface area contributed by atoms with Crippen LogP contribution in [0.3, 0.4) is 0 Å². The second-order valence-electron chi connectivity index (χ2n) is 5.22. The summed E-state index contributed by atoms with van der Waals surface area (Å²) < 4.78 is 2.38. The number of phenols is 1. The zero-order valence-electron chi connectivity index (χ0n) is 12.5. The molecule has 8 heteroatoms. The van der Waals surface area contributed by atoms with Gasteiger partial charge in [0.25, 0.3) is 11.1 Å². The van der Waals surface area contributed by atoms with Crippen LogP contribution in [0, 0.1) is 3.57 Å². The van der Waals surface area contributed by atoms with Gasteiger partial charge in [0.2, 0.25) is 0 Å². The molecule has 4 nitrogen and oxygen atoms in total. The summed E-state index contributed by atoms with van der Waals surface area (Å²) in [6.45, 7) is 0.220. The maximum atomic E-state index is 12.6. The van der Waals surface area contributed by atoms with Gasteiger partial charge in [-0.1, -0.05) is 44.0 Å². The minimum Gasteiger partial charge on any atom is -0.506 e. The first-order chi connectivity index (χ1) is 11.8. The van der Waals surface area contributed by atoms with E-state index < -0.39 is 0 Å². The van der Waals surface area contributed by atoms with Crippen LogP contribution in [0.2, 0.25) is 0 Å². The van der Waals surface area contributed by atoms with Gasteiger partial charge >= 0.3 is 0 Å². The van der Waals surface area contributed by atoms with Crippen LogP contribution in [0.4, 0.5) is 4.79 Å². The SMILES string of the molecule is O=C1S/C(=C\c2cc(Br)cc(I)c2O)C(=O)N1Cc1ccc(Br)cc1. The van der Waals surface area contributed by atoms with Crippen molar-refractivity contribution in [3.8, 4) is 5.75 Å². The van der Waals surface area contributed by atoms with E-state index in [0.717, 1.165) is 26.3 Å². The maximum Gasteiger partial charge on any atom is 0.293 e. The number of amides is 2. The summed E-state index contributed by atoms with van der Waals surface area (Å²) in [5.41, 5.74) is 1.36. The van der Waals surface area contributed by atoms with E-state index in [1.165, 1.54) is 4.90 Å². The molecule has 0 spiro atoms. The molecule has 0 bridgehead atoms. The van der Waals surface area contributed by atoms with Gasteiger partial charge in [0.15, 0.2) is 0 Å². The number of hydrogen-bond donors (Lipinski definition) is 1. The number of halogens is 3. The number of aromatic hydroxyl groups is 1. The highest BCUT2D eigenvalue weighted by molar-refractivity contribution is 14.1. The molecule has 25 heavy (non-hydrogen) atoms. The molecule has 1 aliphatic rings. The van der Waals surface area contributed by atoms with E-state index in [0.29, 0.717) is 14.0 Å². The summed E-state index contributed by atoms with van der Waals surface area (Å²) in [4.78, 5) is 26.3. The number of carbonyl (C=O) groups excluding carboxylic acids is 2. The summed E-state index contributed by atoms with van der Waals surface area (Å²) in [5, 5.41) is 9.85. The predicted molar refractivity (Wildman–Crippen MR) is 114 cm³/mol. The molecule has 1 saturated heterocycles.